The van der Waals surface area contributed by atoms with Gasteiger partial charge in [0.15, 0.2) is 0 Å². The minimum Gasteiger partial charge on any atom is -0.507 e. The lowest BCUT2D eigenvalue weighted by molar-refractivity contribution is 0.485. The molecule has 0 saturated heterocycles. The second kappa shape index (κ2) is 23.6. The number of aryl methyl sites for hydroxylation is 6. The first-order valence-electron chi connectivity index (χ1n) is 27.2. The minimum absolute atomic E-state index is 0.0894. The number of benzene rings is 8. The Morgan fingerprint density at radius 1 is 0.280 bits per heavy atom. The lowest BCUT2D eigenvalue weighted by atomic mass is 9.85. The van der Waals surface area contributed by atoms with Gasteiger partial charge >= 0.3 is 0 Å². The zero-order valence-corrected chi connectivity index (χ0v) is 48.5. The van der Waals surface area contributed by atoms with Crippen LogP contribution in [0.1, 0.15) is 86.6 Å². The highest BCUT2D eigenvalue weighted by molar-refractivity contribution is 5.89. The monoisotopic (exact) mass is 1080 g/mol. The van der Waals surface area contributed by atoms with E-state index in [2.05, 4.69) is 61.5 Å². The summed E-state index contributed by atoms with van der Waals surface area (Å²) in [5, 5.41) is 50.1. The highest BCUT2D eigenvalue weighted by Gasteiger charge is 2.20. The SMILES string of the molecule is Cc1cc2cnc3ccccc3ncc3cc(C)cc(cnc4ccccc4ncc(c1)c2O)c3O.Cc1nc2ccccc2nc(C)c2cc(C(C)(C)C)cc(c(C)nc3ccccc3nc(C)c3cc(C(C)(C)C)cc1c3O)c2O. The maximum atomic E-state index is 11.7. The summed E-state index contributed by atoms with van der Waals surface area (Å²) in [5.41, 5.74) is 11.4. The maximum absolute atomic E-state index is 11.7. The van der Waals surface area contributed by atoms with Crippen molar-refractivity contribution in [1.29, 1.82) is 0 Å². The highest BCUT2D eigenvalue weighted by atomic mass is 16.3. The Labute approximate surface area is 477 Å². The standard InChI is InChI=1S/C40H44N4O2.C30H24N4O2/c1-23-29-19-27(39(5,6)7)20-30(37(29)45)24(2)43-35-17-13-14-18-36(35)44-26(4)32-22-28(40(8,9)10)21-31(38(32)46)25(3)42-34-16-12-11-15-33(34)41-23;1-19-11-21-15-31-25-7-3-5-9-27(25)33-17-23-13-20(2)14-24(30(23)36)18-34-28-10-6-4-8-26(28)32-16-22(12-19)29(21)35/h11-22,45-46H,1-10H3;3-18,35-36H,1-2H3. The van der Waals surface area contributed by atoms with Gasteiger partial charge in [-0.15, -0.1) is 0 Å². The molecule has 0 radical (unpaired) electrons. The van der Waals surface area contributed by atoms with Gasteiger partial charge in [-0.3, -0.25) is 39.9 Å². The first-order valence-corrected chi connectivity index (χ1v) is 27.2. The van der Waals surface area contributed by atoms with Crippen LogP contribution in [-0.4, -0.2) is 60.3 Å². The molecule has 2 aromatic heterocycles. The fraction of sp³-hybridized carbons (Fsp3) is 0.200. The van der Waals surface area contributed by atoms with Crippen molar-refractivity contribution < 1.29 is 20.4 Å². The molecule has 0 unspecified atom stereocenters. The summed E-state index contributed by atoms with van der Waals surface area (Å²) in [6, 6.07) is 45.8. The topological polar surface area (TPSA) is 184 Å². The van der Waals surface area contributed by atoms with E-state index in [9.17, 15) is 20.4 Å². The van der Waals surface area contributed by atoms with E-state index in [0.717, 1.165) is 22.3 Å². The van der Waals surface area contributed by atoms with Gasteiger partial charge < -0.3 is 20.4 Å². The van der Waals surface area contributed by atoms with Crippen LogP contribution >= 0.6 is 0 Å². The molecule has 0 saturated carbocycles. The molecule has 8 aromatic carbocycles. The van der Waals surface area contributed by atoms with Crippen LogP contribution in [0.15, 0.2) is 170 Å². The van der Waals surface area contributed by atoms with Crippen molar-refractivity contribution in [2.45, 2.75) is 93.9 Å². The molecular formula is C70H68N8O4. The van der Waals surface area contributed by atoms with Gasteiger partial charge in [0, 0.05) is 90.7 Å². The third-order valence-electron chi connectivity index (χ3n) is 14.2. The van der Waals surface area contributed by atoms with E-state index in [4.69, 9.17) is 19.9 Å². The van der Waals surface area contributed by atoms with Crippen LogP contribution in [0, 0.1) is 41.5 Å². The molecule has 12 nitrogen and oxygen atoms in total. The third kappa shape index (κ3) is 12.8. The van der Waals surface area contributed by atoms with E-state index in [1.165, 1.54) is 0 Å². The summed E-state index contributed by atoms with van der Waals surface area (Å²) < 4.78 is 0. The molecule has 10 rings (SSSR count). The summed E-state index contributed by atoms with van der Waals surface area (Å²) in [4.78, 5) is 38.5. The Bertz CT molecular complexity index is 4020. The van der Waals surface area contributed by atoms with Crippen molar-refractivity contribution in [1.82, 2.24) is 39.9 Å². The van der Waals surface area contributed by atoms with Gasteiger partial charge in [-0.2, -0.15) is 0 Å². The number of para-hydroxylation sites is 8. The van der Waals surface area contributed by atoms with Crippen LogP contribution < -0.4 is 0 Å². The Morgan fingerprint density at radius 2 is 0.488 bits per heavy atom. The number of rotatable bonds is 0. The van der Waals surface area contributed by atoms with Gasteiger partial charge in [-0.05, 0) is 172 Å². The number of aromatic hydroxyl groups is 4. The van der Waals surface area contributed by atoms with E-state index < -0.39 is 0 Å². The fourth-order valence-corrected chi connectivity index (χ4v) is 9.49. The number of fused-ring (bicyclic) bond motifs is 12. The predicted molar refractivity (Wildman–Crippen MR) is 336 cm³/mol. The van der Waals surface area contributed by atoms with Gasteiger partial charge in [-0.1, -0.05) is 90.1 Å². The summed E-state index contributed by atoms with van der Waals surface area (Å²) in [7, 11) is 0. The molecule has 10 aromatic rings. The lowest BCUT2D eigenvalue weighted by Crippen LogP contribution is -2.11. The van der Waals surface area contributed by atoms with Gasteiger partial charge in [0.25, 0.3) is 0 Å². The number of hydrogen-bond acceptors (Lipinski definition) is 12. The van der Waals surface area contributed by atoms with Crippen molar-refractivity contribution in [2.24, 2.45) is 0 Å². The van der Waals surface area contributed by atoms with Crippen molar-refractivity contribution in [3.63, 3.8) is 0 Å². The summed E-state index contributed by atoms with van der Waals surface area (Å²) in [6.07, 6.45) is 6.49. The van der Waals surface area contributed by atoms with Crippen molar-refractivity contribution >= 4 is 87.2 Å². The molecule has 0 atom stereocenters. The lowest BCUT2D eigenvalue weighted by Gasteiger charge is -2.20. The molecule has 0 fully saturated rings. The summed E-state index contributed by atoms with van der Waals surface area (Å²) in [5.74, 6) is 0.430. The summed E-state index contributed by atoms with van der Waals surface area (Å²) in [6.45, 7) is 24.4. The Morgan fingerprint density at radius 3 is 0.695 bits per heavy atom. The highest BCUT2D eigenvalue weighted by Crippen LogP contribution is 2.37. The largest absolute Gasteiger partial charge is 0.507 e. The van der Waals surface area contributed by atoms with Crippen LogP contribution in [-0.2, 0) is 10.8 Å². The molecule has 0 aliphatic rings. The molecule has 0 amide bonds. The van der Waals surface area contributed by atoms with Crippen LogP contribution in [0.5, 0.6) is 23.0 Å². The average Bonchev–Trinajstić information content (AvgIpc) is 3.61. The van der Waals surface area contributed by atoms with Gasteiger partial charge in [0.05, 0.1) is 44.1 Å². The van der Waals surface area contributed by atoms with E-state index in [-0.39, 0.29) is 33.8 Å². The van der Waals surface area contributed by atoms with E-state index >= 15 is 0 Å². The molecule has 2 heterocycles. The van der Waals surface area contributed by atoms with Crippen LogP contribution in [0.3, 0.4) is 0 Å². The van der Waals surface area contributed by atoms with Crippen molar-refractivity contribution in [2.75, 3.05) is 0 Å². The summed E-state index contributed by atoms with van der Waals surface area (Å²) >= 11 is 0. The van der Waals surface area contributed by atoms with E-state index in [1.807, 2.05) is 187 Å². The van der Waals surface area contributed by atoms with Crippen LogP contribution in [0.25, 0.3) is 87.2 Å². The van der Waals surface area contributed by atoms with Gasteiger partial charge in [-0.25, -0.2) is 0 Å². The van der Waals surface area contributed by atoms with Crippen LogP contribution in [0.2, 0.25) is 0 Å². The van der Waals surface area contributed by atoms with E-state index in [1.54, 1.807) is 24.8 Å². The zero-order chi connectivity index (χ0) is 58.6. The van der Waals surface area contributed by atoms with Gasteiger partial charge in [0.1, 0.15) is 23.0 Å². The fourth-order valence-electron chi connectivity index (χ4n) is 9.49. The molecule has 412 valence electrons. The molecule has 0 spiro atoms. The van der Waals surface area contributed by atoms with Crippen molar-refractivity contribution in [3.8, 4) is 23.0 Å². The second-order valence-corrected chi connectivity index (χ2v) is 22.7. The first kappa shape index (κ1) is 57.0. The maximum Gasteiger partial charge on any atom is 0.133 e. The van der Waals surface area contributed by atoms with E-state index in [0.29, 0.717) is 110 Å². The molecule has 0 aliphatic heterocycles. The predicted octanol–water partition coefficient (Wildman–Crippen LogP) is 16.6. The molecule has 8 bridgehead atoms. The van der Waals surface area contributed by atoms with Gasteiger partial charge in [0.2, 0.25) is 0 Å². The Hall–Kier alpha value is -9.68. The smallest absolute Gasteiger partial charge is 0.133 e. The normalized spacial score (nSPS) is 11.4. The Kier molecular flexibility index (Phi) is 16.4. The number of nitrogens with zero attached hydrogens (tertiary/aromatic N) is 8. The Balaban J connectivity index is 0.000000203. The average molecular weight is 1090 g/mol. The number of hydrogen-bond donors (Lipinski definition) is 4. The third-order valence-corrected chi connectivity index (χ3v) is 14.2. The zero-order valence-electron chi connectivity index (χ0n) is 48.5. The molecule has 4 N–H and O–H groups in total. The number of phenolic OH excluding ortho intramolecular Hbond substituents is 4. The molecule has 82 heavy (non-hydrogen) atoms. The second-order valence-electron chi connectivity index (χ2n) is 22.7. The number of phenols is 4. The first-order chi connectivity index (χ1) is 39.0. The molecular weight excluding hydrogens is 1020 g/mol. The quantitative estimate of drug-likeness (QED) is 0.113. The molecule has 0 aliphatic carbocycles. The molecule has 12 heteroatoms. The minimum atomic E-state index is -0.186. The number of aromatic nitrogens is 8. The van der Waals surface area contributed by atoms with Crippen molar-refractivity contribution in [3.05, 3.63) is 215 Å². The van der Waals surface area contributed by atoms with Crippen LogP contribution in [0.4, 0.5) is 0 Å².